The Morgan fingerprint density at radius 3 is 2.12 bits per heavy atom. The Balaban J connectivity index is 0.000000271. The standard InChI is InChI=1S/C8H10AsNO5.C8H8O2/c1-5(11)10-6-2-3-7(8(12)4-6)9(13,14)15;9-6-8(10)7-4-2-1-3-5-7/h2-4,12H,1H3,(H,10,11)(H2,13,14,15);1-5,9H,6H2. The van der Waals surface area contributed by atoms with Gasteiger partial charge in [-0.2, -0.15) is 0 Å². The topological polar surface area (TPSA) is 144 Å². The number of aliphatic hydroxyl groups excluding tert-OH is 1. The van der Waals surface area contributed by atoms with Gasteiger partial charge in [-0.25, -0.2) is 0 Å². The summed E-state index contributed by atoms with van der Waals surface area (Å²) in [5, 5.41) is 20.1. The number of aliphatic hydroxyl groups is 1. The molecule has 0 saturated carbocycles. The minimum absolute atomic E-state index is 0.236. The molecule has 0 spiro atoms. The molecule has 0 heterocycles. The smallest absolute Gasteiger partial charge is 0.188 e. The normalized spacial score (nSPS) is 10.4. The van der Waals surface area contributed by atoms with Gasteiger partial charge in [0.25, 0.3) is 0 Å². The number of anilines is 1. The number of carbonyl (C=O) groups is 2. The van der Waals surface area contributed by atoms with Crippen molar-refractivity contribution >= 4 is 35.9 Å². The van der Waals surface area contributed by atoms with Crippen molar-refractivity contribution in [2.45, 2.75) is 6.92 Å². The molecule has 1 amide bonds. The van der Waals surface area contributed by atoms with Crippen LogP contribution in [0.25, 0.3) is 0 Å². The second-order valence-electron chi connectivity index (χ2n) is 4.88. The number of benzene rings is 2. The Labute approximate surface area is 146 Å². The summed E-state index contributed by atoms with van der Waals surface area (Å²) in [6.45, 7) is 0.877. The van der Waals surface area contributed by atoms with E-state index in [-0.39, 0.29) is 17.4 Å². The summed E-state index contributed by atoms with van der Waals surface area (Å²) >= 11 is -5.09. The Bertz CT molecular complexity index is 786. The first kappa shape index (κ1) is 20.7. The van der Waals surface area contributed by atoms with Crippen molar-refractivity contribution in [1.29, 1.82) is 0 Å². The van der Waals surface area contributed by atoms with Crippen LogP contribution in [0, 0.1) is 0 Å². The van der Waals surface area contributed by atoms with E-state index in [0.29, 0.717) is 5.56 Å². The molecule has 0 aliphatic carbocycles. The predicted molar refractivity (Wildman–Crippen MR) is 90.8 cm³/mol. The van der Waals surface area contributed by atoms with Crippen LogP contribution >= 0.6 is 0 Å². The van der Waals surface area contributed by atoms with Crippen molar-refractivity contribution in [3.63, 3.8) is 0 Å². The summed E-state index contributed by atoms with van der Waals surface area (Å²) in [6, 6.07) is 12.2. The van der Waals surface area contributed by atoms with Crippen molar-refractivity contribution in [1.82, 2.24) is 0 Å². The van der Waals surface area contributed by atoms with Crippen molar-refractivity contribution in [3.05, 3.63) is 54.1 Å². The number of carbonyl (C=O) groups excluding carboxylic acids is 2. The maximum atomic E-state index is 10.9. The zero-order chi connectivity index (χ0) is 19.0. The maximum absolute atomic E-state index is 10.9. The largest absolute Gasteiger partial charge is 0.388 e. The summed E-state index contributed by atoms with van der Waals surface area (Å²) in [7, 11) is 0. The van der Waals surface area contributed by atoms with E-state index in [2.05, 4.69) is 5.32 Å². The Morgan fingerprint density at radius 2 is 1.68 bits per heavy atom. The third-order valence-corrected chi connectivity index (χ3v) is 4.96. The van der Waals surface area contributed by atoms with E-state index in [1.165, 1.54) is 13.0 Å². The summed E-state index contributed by atoms with van der Waals surface area (Å²) in [5.74, 6) is -1.09. The van der Waals surface area contributed by atoms with Crippen LogP contribution < -0.4 is 9.67 Å². The van der Waals surface area contributed by atoms with E-state index >= 15 is 0 Å². The number of phenolic OH excluding ortho intramolecular Hbond substituents is 1. The number of amides is 1. The van der Waals surface area contributed by atoms with Gasteiger partial charge in [0, 0.05) is 5.56 Å². The fourth-order valence-electron chi connectivity index (χ4n) is 1.77. The van der Waals surface area contributed by atoms with Gasteiger partial charge in [-0.1, -0.05) is 30.3 Å². The van der Waals surface area contributed by atoms with Crippen molar-refractivity contribution in [3.8, 4) is 5.75 Å². The van der Waals surface area contributed by atoms with Crippen LogP contribution in [0.1, 0.15) is 17.3 Å². The van der Waals surface area contributed by atoms with Gasteiger partial charge < -0.3 is 5.11 Å². The molecule has 2 aromatic carbocycles. The number of nitrogens with one attached hydrogen (secondary N) is 1. The molecule has 5 N–H and O–H groups in total. The summed E-state index contributed by atoms with van der Waals surface area (Å²) in [6.07, 6.45) is 0. The van der Waals surface area contributed by atoms with Crippen LogP contribution in [-0.2, 0) is 8.53 Å². The van der Waals surface area contributed by atoms with Gasteiger partial charge in [0.15, 0.2) is 5.78 Å². The molecule has 25 heavy (non-hydrogen) atoms. The van der Waals surface area contributed by atoms with Crippen LogP contribution in [0.5, 0.6) is 5.75 Å². The first-order chi connectivity index (χ1) is 11.6. The fourth-order valence-corrected chi connectivity index (χ4v) is 3.09. The minimum Gasteiger partial charge on any atom is -0.388 e. The Morgan fingerprint density at radius 1 is 1.08 bits per heavy atom. The molecule has 0 fully saturated rings. The average molecular weight is 411 g/mol. The minimum atomic E-state index is -5.09. The molecule has 9 heteroatoms. The van der Waals surface area contributed by atoms with Gasteiger partial charge in [-0.05, 0) is 0 Å². The molecule has 2 rings (SSSR count). The third-order valence-electron chi connectivity index (χ3n) is 2.85. The zero-order valence-electron chi connectivity index (χ0n) is 13.3. The molecule has 0 atom stereocenters. The molecule has 0 radical (unpaired) electrons. The molecule has 0 bridgehead atoms. The molecular weight excluding hydrogens is 393 g/mol. The zero-order valence-corrected chi connectivity index (χ0v) is 15.2. The molecule has 0 aromatic heterocycles. The number of hydrogen-bond donors (Lipinski definition) is 5. The number of aromatic hydroxyl groups is 1. The molecule has 0 aliphatic heterocycles. The first-order valence-corrected chi connectivity index (χ1v) is 10.4. The van der Waals surface area contributed by atoms with E-state index in [1.54, 1.807) is 24.3 Å². The molecular formula is C16H18AsNO7. The monoisotopic (exact) mass is 411 g/mol. The van der Waals surface area contributed by atoms with Crippen LogP contribution in [0.2, 0.25) is 0 Å². The molecule has 0 aliphatic rings. The molecule has 0 unspecified atom stereocenters. The second kappa shape index (κ2) is 9.19. The molecule has 8 nitrogen and oxygen atoms in total. The van der Waals surface area contributed by atoms with E-state index in [0.717, 1.165) is 12.1 Å². The van der Waals surface area contributed by atoms with Gasteiger partial charge in [0.2, 0.25) is 0 Å². The number of rotatable bonds is 4. The summed E-state index contributed by atoms with van der Waals surface area (Å²) < 4.78 is 28.2. The van der Waals surface area contributed by atoms with Gasteiger partial charge in [0.1, 0.15) is 6.61 Å². The van der Waals surface area contributed by atoms with Gasteiger partial charge in [0.05, 0.1) is 0 Å². The van der Waals surface area contributed by atoms with Gasteiger partial charge in [-0.3, -0.25) is 4.79 Å². The average Bonchev–Trinajstić information content (AvgIpc) is 2.54. The van der Waals surface area contributed by atoms with E-state index in [4.69, 9.17) is 13.3 Å². The summed E-state index contributed by atoms with van der Waals surface area (Å²) in [4.78, 5) is 21.4. The van der Waals surface area contributed by atoms with Crippen molar-refractivity contribution in [2.75, 3.05) is 11.9 Å². The van der Waals surface area contributed by atoms with Crippen LogP contribution in [-0.4, -0.2) is 50.9 Å². The number of ketones is 1. The van der Waals surface area contributed by atoms with Crippen LogP contribution in [0.3, 0.4) is 0 Å². The molecule has 0 saturated heterocycles. The Hall–Kier alpha value is -2.38. The van der Waals surface area contributed by atoms with Crippen molar-refractivity contribution in [2.24, 2.45) is 0 Å². The quantitative estimate of drug-likeness (QED) is 0.345. The van der Waals surface area contributed by atoms with Crippen LogP contribution in [0.4, 0.5) is 5.69 Å². The third kappa shape index (κ3) is 6.94. The van der Waals surface area contributed by atoms with E-state index in [9.17, 15) is 18.4 Å². The van der Waals surface area contributed by atoms with E-state index < -0.39 is 30.9 Å². The SMILES string of the molecule is CC(=O)Nc1ccc([As](=O)(O)O)c(O)c1.O=C(CO)c1ccccc1. The predicted octanol–water partition coefficient (Wildman–Crippen LogP) is -0.227. The number of phenols is 1. The van der Waals surface area contributed by atoms with Crippen molar-refractivity contribution < 1.29 is 31.7 Å². The maximum Gasteiger partial charge on any atom is 0.188 e. The Kier molecular flexibility index (Phi) is 7.60. The van der Waals surface area contributed by atoms with Gasteiger partial charge in [-0.15, -0.1) is 0 Å². The number of Topliss-reactive ketones (excluding diaryl/α,β-unsaturated/α-hetero) is 1. The first-order valence-electron chi connectivity index (χ1n) is 7.01. The summed E-state index contributed by atoms with van der Waals surface area (Å²) in [5.41, 5.74) is 0.845. The molecule has 134 valence electrons. The number of hydrogen-bond acceptors (Lipinski definition) is 5. The van der Waals surface area contributed by atoms with Crippen LogP contribution in [0.15, 0.2) is 48.5 Å². The van der Waals surface area contributed by atoms with Gasteiger partial charge >= 0.3 is 88.1 Å². The van der Waals surface area contributed by atoms with E-state index in [1.807, 2.05) is 6.07 Å². The fraction of sp³-hybridized carbons (Fsp3) is 0.125. The second-order valence-corrected chi connectivity index (χ2v) is 8.17. The molecule has 2 aromatic rings.